The van der Waals surface area contributed by atoms with Gasteiger partial charge < -0.3 is 20.3 Å². The average molecular weight is 437 g/mol. The molecule has 2 amide bonds. The Kier molecular flexibility index (Phi) is 7.74. The van der Waals surface area contributed by atoms with E-state index < -0.39 is 11.2 Å². The van der Waals surface area contributed by atoms with Crippen LogP contribution in [0.2, 0.25) is 0 Å². The normalized spacial score (nSPS) is 19.9. The first-order valence-corrected chi connectivity index (χ1v) is 10.2. The predicted molar refractivity (Wildman–Crippen MR) is 117 cm³/mol. The highest BCUT2D eigenvalue weighted by Gasteiger charge is 2.40. The predicted octanol–water partition coefficient (Wildman–Crippen LogP) is 1.27. The quantitative estimate of drug-likeness (QED) is 0.525. The maximum atomic E-state index is 12.8. The van der Waals surface area contributed by atoms with Crippen LogP contribution in [0.3, 0.4) is 0 Å². The Labute approximate surface area is 179 Å². The van der Waals surface area contributed by atoms with Crippen LogP contribution in [0.1, 0.15) is 29.3 Å². The summed E-state index contributed by atoms with van der Waals surface area (Å²) in [5, 5.41) is 0.0480. The van der Waals surface area contributed by atoms with Gasteiger partial charge in [-0.25, -0.2) is 0 Å². The van der Waals surface area contributed by atoms with Crippen molar-refractivity contribution in [2.45, 2.75) is 24.6 Å². The number of amides is 2. The van der Waals surface area contributed by atoms with Crippen LogP contribution in [-0.4, -0.2) is 76.8 Å². The Morgan fingerprint density at radius 2 is 1.86 bits per heavy atom. The molecule has 1 aromatic rings. The number of amidine groups is 1. The molecule has 1 aliphatic heterocycles. The molecule has 1 aromatic carbocycles. The number of methoxy groups -OCH3 is 1. The molecule has 1 aliphatic rings. The van der Waals surface area contributed by atoms with Crippen molar-refractivity contribution in [2.75, 3.05) is 27.7 Å². The van der Waals surface area contributed by atoms with Gasteiger partial charge in [-0.1, -0.05) is 36.1 Å². The number of carbonyl (C=O) groups is 3. The van der Waals surface area contributed by atoms with Gasteiger partial charge in [0.2, 0.25) is 5.91 Å². The van der Waals surface area contributed by atoms with E-state index >= 15 is 0 Å². The van der Waals surface area contributed by atoms with Gasteiger partial charge in [0.15, 0.2) is 5.17 Å². The summed E-state index contributed by atoms with van der Waals surface area (Å²) >= 11 is 6.15. The highest BCUT2D eigenvalue weighted by atomic mass is 32.2. The minimum Gasteiger partial charge on any atom is -0.469 e. The van der Waals surface area contributed by atoms with Crippen molar-refractivity contribution in [3.05, 3.63) is 35.4 Å². The van der Waals surface area contributed by atoms with Crippen LogP contribution in [0.25, 0.3) is 0 Å². The van der Waals surface area contributed by atoms with E-state index in [1.807, 2.05) is 11.8 Å². The van der Waals surface area contributed by atoms with Gasteiger partial charge in [-0.3, -0.25) is 14.4 Å². The first-order valence-electron chi connectivity index (χ1n) is 8.89. The van der Waals surface area contributed by atoms with Crippen LogP contribution in [-0.2, 0) is 14.3 Å². The number of aliphatic imine (C=N–C) groups is 1. The van der Waals surface area contributed by atoms with E-state index in [9.17, 15) is 14.4 Å². The fraction of sp³-hybridized carbons (Fsp3) is 0.421. The van der Waals surface area contributed by atoms with Gasteiger partial charge in [0.1, 0.15) is 10.2 Å². The van der Waals surface area contributed by atoms with E-state index in [1.165, 1.54) is 23.8 Å². The number of benzene rings is 1. The molecule has 156 valence electrons. The zero-order valence-electron chi connectivity index (χ0n) is 16.7. The van der Waals surface area contributed by atoms with E-state index in [0.717, 1.165) is 0 Å². The molecule has 0 aromatic heterocycles. The molecule has 1 heterocycles. The molecule has 0 spiro atoms. The van der Waals surface area contributed by atoms with Gasteiger partial charge in [0, 0.05) is 37.8 Å². The van der Waals surface area contributed by atoms with Crippen molar-refractivity contribution in [1.29, 1.82) is 0 Å². The molecule has 0 aliphatic carbocycles. The molecule has 10 heteroatoms. The van der Waals surface area contributed by atoms with Crippen LogP contribution in [0.4, 0.5) is 0 Å². The second-order valence-corrected chi connectivity index (χ2v) is 8.17. The molecule has 0 radical (unpaired) electrons. The van der Waals surface area contributed by atoms with E-state index in [2.05, 4.69) is 9.73 Å². The van der Waals surface area contributed by atoms with E-state index in [4.69, 9.17) is 18.0 Å². The van der Waals surface area contributed by atoms with Gasteiger partial charge in [-0.05, 0) is 19.1 Å². The lowest BCUT2D eigenvalue weighted by molar-refractivity contribution is -0.141. The second kappa shape index (κ2) is 9.84. The molecule has 29 heavy (non-hydrogen) atoms. The highest BCUT2D eigenvalue weighted by molar-refractivity contribution is 8.15. The third-order valence-electron chi connectivity index (χ3n) is 4.70. The summed E-state index contributed by atoms with van der Waals surface area (Å²) in [5.74, 6) is -0.909. The standard InChI is InChI=1S/C19H24N4O4S2/c1-11-15(18(26)22(2)10-9-14(24)27-4)29-19(23(11)3)21-17(25)13-7-5-12(6-8-13)16(20)28/h5-8,11,15H,9-10H2,1-4H3,(H2,20,28). The summed E-state index contributed by atoms with van der Waals surface area (Å²) in [4.78, 5) is 44.3. The SMILES string of the molecule is COC(=O)CCN(C)C(=O)C1SC(=NC(=O)c2ccc(C(N)=S)cc2)N(C)C1C. The van der Waals surface area contributed by atoms with E-state index in [1.54, 1.807) is 38.4 Å². The number of ether oxygens (including phenoxy) is 1. The lowest BCUT2D eigenvalue weighted by Crippen LogP contribution is -2.42. The van der Waals surface area contributed by atoms with Crippen molar-refractivity contribution in [1.82, 2.24) is 9.80 Å². The molecule has 0 saturated carbocycles. The molecular weight excluding hydrogens is 412 g/mol. The van der Waals surface area contributed by atoms with Crippen LogP contribution in [0, 0.1) is 0 Å². The van der Waals surface area contributed by atoms with Gasteiger partial charge in [-0.2, -0.15) is 4.99 Å². The Bertz CT molecular complexity index is 841. The third-order valence-corrected chi connectivity index (χ3v) is 6.37. The largest absolute Gasteiger partial charge is 0.469 e. The minimum absolute atomic E-state index is 0.127. The number of rotatable bonds is 6. The van der Waals surface area contributed by atoms with Crippen molar-refractivity contribution in [2.24, 2.45) is 10.7 Å². The maximum absolute atomic E-state index is 12.8. The molecule has 2 unspecified atom stereocenters. The summed E-state index contributed by atoms with van der Waals surface area (Å²) in [6.07, 6.45) is 0.127. The van der Waals surface area contributed by atoms with Crippen LogP contribution >= 0.6 is 24.0 Å². The third kappa shape index (κ3) is 5.54. The number of nitrogens with two attached hydrogens (primary N) is 1. The minimum atomic E-state index is -0.425. The molecule has 1 saturated heterocycles. The Morgan fingerprint density at radius 3 is 2.41 bits per heavy atom. The molecule has 2 atom stereocenters. The summed E-state index contributed by atoms with van der Waals surface area (Å²) in [6, 6.07) is 6.43. The lowest BCUT2D eigenvalue weighted by Gasteiger charge is -2.24. The molecule has 2 N–H and O–H groups in total. The van der Waals surface area contributed by atoms with Gasteiger partial charge >= 0.3 is 5.97 Å². The van der Waals surface area contributed by atoms with E-state index in [0.29, 0.717) is 16.3 Å². The summed E-state index contributed by atoms with van der Waals surface area (Å²) in [7, 11) is 4.75. The van der Waals surface area contributed by atoms with Gasteiger partial charge in [0.05, 0.1) is 13.5 Å². The van der Waals surface area contributed by atoms with Gasteiger partial charge in [-0.15, -0.1) is 0 Å². The first-order chi connectivity index (χ1) is 13.6. The van der Waals surface area contributed by atoms with Crippen LogP contribution in [0.15, 0.2) is 29.3 Å². The number of carbonyl (C=O) groups excluding carboxylic acids is 3. The fourth-order valence-electron chi connectivity index (χ4n) is 2.65. The summed E-state index contributed by atoms with van der Waals surface area (Å²) < 4.78 is 4.61. The Balaban J connectivity index is 2.09. The maximum Gasteiger partial charge on any atom is 0.307 e. The molecule has 0 bridgehead atoms. The van der Waals surface area contributed by atoms with E-state index in [-0.39, 0.29) is 35.9 Å². The topological polar surface area (TPSA) is 105 Å². The molecule has 2 rings (SSSR count). The second-order valence-electron chi connectivity index (χ2n) is 6.62. The number of hydrogen-bond acceptors (Lipinski definition) is 6. The number of nitrogens with zero attached hydrogens (tertiary/aromatic N) is 3. The zero-order chi connectivity index (χ0) is 21.7. The van der Waals surface area contributed by atoms with Crippen molar-refractivity contribution < 1.29 is 19.1 Å². The molecule has 1 fully saturated rings. The van der Waals surface area contributed by atoms with Gasteiger partial charge in [0.25, 0.3) is 5.91 Å². The summed E-state index contributed by atoms with van der Waals surface area (Å²) in [5.41, 5.74) is 6.65. The smallest absolute Gasteiger partial charge is 0.307 e. The number of thioether (sulfide) groups is 1. The van der Waals surface area contributed by atoms with Crippen molar-refractivity contribution >= 4 is 51.9 Å². The number of thiocarbonyl (C=S) groups is 1. The monoisotopic (exact) mass is 436 g/mol. The average Bonchev–Trinajstić information content (AvgIpc) is 2.99. The lowest BCUT2D eigenvalue weighted by atomic mass is 10.1. The van der Waals surface area contributed by atoms with Crippen molar-refractivity contribution in [3.8, 4) is 0 Å². The zero-order valence-corrected chi connectivity index (χ0v) is 18.4. The number of esters is 1. The molecular formula is C19H24N4O4S2. The van der Waals surface area contributed by atoms with Crippen LogP contribution < -0.4 is 5.73 Å². The molecule has 8 nitrogen and oxygen atoms in total. The Morgan fingerprint density at radius 1 is 1.28 bits per heavy atom. The highest BCUT2D eigenvalue weighted by Crippen LogP contribution is 2.32. The van der Waals surface area contributed by atoms with Crippen molar-refractivity contribution in [3.63, 3.8) is 0 Å². The first kappa shape index (κ1) is 22.8. The Hall–Kier alpha value is -2.46. The fourth-order valence-corrected chi connectivity index (χ4v) is 4.14. The number of hydrogen-bond donors (Lipinski definition) is 1. The van der Waals surface area contributed by atoms with Crippen LogP contribution in [0.5, 0.6) is 0 Å². The summed E-state index contributed by atoms with van der Waals surface area (Å²) in [6.45, 7) is 2.16.